The van der Waals surface area contributed by atoms with Crippen LogP contribution in [-0.2, 0) is 20.7 Å². The molecule has 39 heavy (non-hydrogen) atoms. The number of carbonyl (C=O) groups excluding carboxylic acids is 1. The van der Waals surface area contributed by atoms with Crippen LogP contribution in [-0.4, -0.2) is 85.4 Å². The van der Waals surface area contributed by atoms with Crippen LogP contribution in [0.2, 0.25) is 0 Å². The molecular weight excluding hydrogens is 514 g/mol. The predicted octanol–water partition coefficient (Wildman–Crippen LogP) is 0.944. The molecule has 12 nitrogen and oxygen atoms in total. The topological polar surface area (TPSA) is 212 Å². The Kier molecular flexibility index (Phi) is 6.74. The molecule has 1 saturated heterocycles. The van der Waals surface area contributed by atoms with Crippen LogP contribution in [0.1, 0.15) is 37.0 Å². The minimum Gasteiger partial charge on any atom is -0.507 e. The van der Waals surface area contributed by atoms with Crippen LogP contribution in [0.25, 0.3) is 21.5 Å². The van der Waals surface area contributed by atoms with Crippen LogP contribution in [0.3, 0.4) is 0 Å². The first-order valence-electron chi connectivity index (χ1n) is 12.5. The molecule has 12 heteroatoms. The number of ketones is 1. The van der Waals surface area contributed by atoms with Gasteiger partial charge >= 0.3 is 0 Å². The summed E-state index contributed by atoms with van der Waals surface area (Å²) in [6, 6.07) is 3.89. The first-order chi connectivity index (χ1) is 18.4. The first kappa shape index (κ1) is 27.2. The number of fused-ring (bicyclic) bond motifs is 3. The molecule has 1 aliphatic heterocycles. The first-order valence-corrected chi connectivity index (χ1v) is 12.5. The number of phenols is 4. The van der Waals surface area contributed by atoms with E-state index in [0.717, 1.165) is 0 Å². The van der Waals surface area contributed by atoms with E-state index in [2.05, 4.69) is 0 Å². The van der Waals surface area contributed by atoms with Gasteiger partial charge in [-0.15, -0.1) is 0 Å². The summed E-state index contributed by atoms with van der Waals surface area (Å²) in [6.07, 6.45) is -4.91. The van der Waals surface area contributed by atoms with E-state index in [-0.39, 0.29) is 44.8 Å². The molecule has 0 aromatic heterocycles. The van der Waals surface area contributed by atoms with E-state index >= 15 is 0 Å². The number of methoxy groups -OCH3 is 1. The lowest BCUT2D eigenvalue weighted by molar-refractivity contribution is -0.247. The summed E-state index contributed by atoms with van der Waals surface area (Å²) in [4.78, 5) is 12.6. The summed E-state index contributed by atoms with van der Waals surface area (Å²) in [6.45, 7) is 0.597. The SMILES string of the molecule is COc1cccc2c(O)c3c(O)c4c(c(O)c3c(O)c12)C(O[C@H]1C[C@H](N)[C@H](O)[C@H](C)O1)CC(O)(C(=O)CO)C4. The van der Waals surface area contributed by atoms with Crippen LogP contribution >= 0.6 is 0 Å². The van der Waals surface area contributed by atoms with Crippen molar-refractivity contribution in [3.8, 4) is 28.7 Å². The van der Waals surface area contributed by atoms with Crippen LogP contribution in [0.15, 0.2) is 18.2 Å². The van der Waals surface area contributed by atoms with Gasteiger partial charge in [-0.25, -0.2) is 0 Å². The molecule has 5 rings (SSSR count). The van der Waals surface area contributed by atoms with Gasteiger partial charge in [0.15, 0.2) is 12.1 Å². The molecular formula is C27H31NO11. The van der Waals surface area contributed by atoms with E-state index in [1.807, 2.05) is 0 Å². The van der Waals surface area contributed by atoms with E-state index in [1.165, 1.54) is 13.2 Å². The number of hydrogen-bond acceptors (Lipinski definition) is 12. The molecule has 0 radical (unpaired) electrons. The molecule has 1 heterocycles. The van der Waals surface area contributed by atoms with Crippen molar-refractivity contribution in [3.63, 3.8) is 0 Å². The van der Waals surface area contributed by atoms with Crippen molar-refractivity contribution >= 4 is 27.3 Å². The van der Waals surface area contributed by atoms with Crippen molar-refractivity contribution in [2.24, 2.45) is 5.73 Å². The van der Waals surface area contributed by atoms with Gasteiger partial charge < -0.3 is 55.7 Å². The average Bonchev–Trinajstić information content (AvgIpc) is 2.90. The number of ether oxygens (including phenoxy) is 3. The molecule has 1 aliphatic carbocycles. The van der Waals surface area contributed by atoms with Gasteiger partial charge in [0.2, 0.25) is 0 Å². The Labute approximate surface area is 222 Å². The van der Waals surface area contributed by atoms with Gasteiger partial charge in [0.25, 0.3) is 0 Å². The molecule has 2 aliphatic rings. The van der Waals surface area contributed by atoms with Crippen molar-refractivity contribution < 1.29 is 54.8 Å². The fraction of sp³-hybridized carbons (Fsp3) is 0.444. The molecule has 0 amide bonds. The van der Waals surface area contributed by atoms with Crippen molar-refractivity contribution in [3.05, 3.63) is 29.3 Å². The minimum atomic E-state index is -2.20. The van der Waals surface area contributed by atoms with Gasteiger partial charge in [-0.1, -0.05) is 12.1 Å². The largest absolute Gasteiger partial charge is 0.507 e. The van der Waals surface area contributed by atoms with Gasteiger partial charge in [0, 0.05) is 41.8 Å². The van der Waals surface area contributed by atoms with E-state index in [9.17, 15) is 40.5 Å². The zero-order valence-electron chi connectivity index (χ0n) is 21.3. The number of nitrogens with two attached hydrogens (primary N) is 1. The summed E-state index contributed by atoms with van der Waals surface area (Å²) in [5, 5.41) is 75.9. The third-order valence-electron chi connectivity index (χ3n) is 7.84. The van der Waals surface area contributed by atoms with Crippen molar-refractivity contribution in [2.45, 2.75) is 62.4 Å². The Balaban J connectivity index is 1.77. The second-order valence-corrected chi connectivity index (χ2v) is 10.2. The summed E-state index contributed by atoms with van der Waals surface area (Å²) in [7, 11) is 1.37. The maximum atomic E-state index is 12.6. The molecule has 3 aromatic rings. The summed E-state index contributed by atoms with van der Waals surface area (Å²) < 4.78 is 17.1. The van der Waals surface area contributed by atoms with Gasteiger partial charge in [-0.05, 0) is 13.0 Å². The molecule has 0 bridgehead atoms. The molecule has 3 aromatic carbocycles. The number of rotatable bonds is 5. The number of phenolic OH excluding ortho intramolecular Hbond substituents is 4. The minimum absolute atomic E-state index is 0.0396. The van der Waals surface area contributed by atoms with Crippen LogP contribution in [0.4, 0.5) is 0 Å². The highest BCUT2D eigenvalue weighted by Gasteiger charge is 2.48. The zero-order valence-corrected chi connectivity index (χ0v) is 21.3. The Hall–Kier alpha value is -3.39. The maximum Gasteiger partial charge on any atom is 0.190 e. The number of carbonyl (C=O) groups is 1. The number of aliphatic hydroxyl groups excluding tert-OH is 2. The van der Waals surface area contributed by atoms with Gasteiger partial charge in [0.1, 0.15) is 41.0 Å². The highest BCUT2D eigenvalue weighted by Crippen LogP contribution is 2.57. The third-order valence-corrected chi connectivity index (χ3v) is 7.84. The molecule has 6 atom stereocenters. The monoisotopic (exact) mass is 545 g/mol. The van der Waals surface area contributed by atoms with Gasteiger partial charge in [-0.3, -0.25) is 4.79 Å². The summed E-state index contributed by atoms with van der Waals surface area (Å²) in [5.74, 6) is -2.86. The standard InChI is InChI=1S/C27H31NO11/c1-10-22(31)13(28)6-17(38-10)39-15-8-27(36,16(30)9-29)7-12-19(15)26(35)21-20(24(12)33)23(32)11-4-3-5-14(37-2)18(11)25(21)34/h3-5,10,13,15,17,22,29,31-36H,6-9,28H2,1-2H3/t10-,13-,15?,17-,22+,27?/m0/s1. The summed E-state index contributed by atoms with van der Waals surface area (Å²) >= 11 is 0. The quantitative estimate of drug-likeness (QED) is 0.166. The van der Waals surface area contributed by atoms with E-state index in [1.54, 1.807) is 19.1 Å². The van der Waals surface area contributed by atoms with Crippen LogP contribution in [0.5, 0.6) is 28.7 Å². The van der Waals surface area contributed by atoms with E-state index in [0.29, 0.717) is 0 Å². The highest BCUT2D eigenvalue weighted by atomic mass is 16.7. The number of benzene rings is 3. The van der Waals surface area contributed by atoms with E-state index in [4.69, 9.17) is 19.9 Å². The van der Waals surface area contributed by atoms with Crippen LogP contribution < -0.4 is 10.5 Å². The third kappa shape index (κ3) is 4.11. The predicted molar refractivity (Wildman–Crippen MR) is 137 cm³/mol. The fourth-order valence-electron chi connectivity index (χ4n) is 5.79. The smallest absolute Gasteiger partial charge is 0.190 e. The molecule has 9 N–H and O–H groups in total. The van der Waals surface area contributed by atoms with Crippen molar-refractivity contribution in [1.82, 2.24) is 0 Å². The molecule has 2 unspecified atom stereocenters. The van der Waals surface area contributed by atoms with E-state index < -0.39 is 84.5 Å². The Morgan fingerprint density at radius 1 is 1.10 bits per heavy atom. The number of hydrogen-bond donors (Lipinski definition) is 8. The molecule has 1 fully saturated rings. The maximum absolute atomic E-state index is 12.6. The lowest BCUT2D eigenvalue weighted by atomic mass is 9.74. The van der Waals surface area contributed by atoms with Crippen molar-refractivity contribution in [2.75, 3.05) is 13.7 Å². The highest BCUT2D eigenvalue weighted by molar-refractivity contribution is 6.17. The number of Topliss-reactive ketones (excluding diaryl/α,β-unsaturated/α-hetero) is 1. The van der Waals surface area contributed by atoms with Gasteiger partial charge in [-0.2, -0.15) is 0 Å². The number of aliphatic hydroxyl groups is 3. The van der Waals surface area contributed by atoms with Gasteiger partial charge in [0.05, 0.1) is 41.6 Å². The van der Waals surface area contributed by atoms with Crippen molar-refractivity contribution in [1.29, 1.82) is 0 Å². The Morgan fingerprint density at radius 3 is 2.44 bits per heavy atom. The normalized spacial score (nSPS) is 28.9. The Morgan fingerprint density at radius 2 is 1.79 bits per heavy atom. The average molecular weight is 546 g/mol. The summed E-state index contributed by atoms with van der Waals surface area (Å²) in [5.41, 5.74) is 3.65. The zero-order chi connectivity index (χ0) is 28.4. The number of aromatic hydroxyl groups is 4. The van der Waals surface area contributed by atoms with Crippen LogP contribution in [0, 0.1) is 0 Å². The lowest BCUT2D eigenvalue weighted by Crippen LogP contribution is -2.52. The molecule has 0 saturated carbocycles. The second kappa shape index (κ2) is 9.66. The lowest BCUT2D eigenvalue weighted by Gasteiger charge is -2.41. The fourth-order valence-corrected chi connectivity index (χ4v) is 5.79. The second-order valence-electron chi connectivity index (χ2n) is 10.2. The molecule has 210 valence electrons. The molecule has 0 spiro atoms. The Bertz CT molecular complexity index is 1460.